The van der Waals surface area contributed by atoms with Crippen LogP contribution in [-0.4, -0.2) is 60.3 Å². The number of hydrogen-bond acceptors (Lipinski definition) is 4. The zero-order valence-corrected chi connectivity index (χ0v) is 19.0. The Kier molecular flexibility index (Phi) is 7.06. The average Bonchev–Trinajstić information content (AvgIpc) is 2.99. The first kappa shape index (κ1) is 22.6. The van der Waals surface area contributed by atoms with E-state index in [1.807, 2.05) is 6.08 Å². The molecule has 166 valence electrons. The predicted molar refractivity (Wildman–Crippen MR) is 118 cm³/mol. The minimum Gasteiger partial charge on any atom is -0.346 e. The van der Waals surface area contributed by atoms with Crippen LogP contribution in [0.1, 0.15) is 62.0 Å². The Morgan fingerprint density at radius 3 is 2.40 bits per heavy atom. The smallest absolute Gasteiger partial charge is 0.244 e. The van der Waals surface area contributed by atoms with Crippen LogP contribution in [0.15, 0.2) is 12.1 Å². The van der Waals surface area contributed by atoms with Crippen molar-refractivity contribution >= 4 is 27.7 Å². The molecular weight excluding hydrogens is 402 g/mol. The van der Waals surface area contributed by atoms with Crippen molar-refractivity contribution in [2.24, 2.45) is 0 Å². The van der Waals surface area contributed by atoms with Gasteiger partial charge in [0.15, 0.2) is 9.84 Å². The third-order valence-electron chi connectivity index (χ3n) is 6.26. The van der Waals surface area contributed by atoms with Gasteiger partial charge in [-0.1, -0.05) is 19.3 Å². The summed E-state index contributed by atoms with van der Waals surface area (Å²) >= 11 is 0. The largest absolute Gasteiger partial charge is 0.346 e. The van der Waals surface area contributed by atoms with Gasteiger partial charge in [-0.25, -0.2) is 8.42 Å². The topological polar surface area (TPSA) is 88.5 Å². The van der Waals surface area contributed by atoms with Crippen molar-refractivity contribution in [2.75, 3.05) is 24.6 Å². The summed E-state index contributed by atoms with van der Waals surface area (Å²) in [6, 6.07) is 1.95. The quantitative estimate of drug-likeness (QED) is 0.719. The molecule has 30 heavy (non-hydrogen) atoms. The van der Waals surface area contributed by atoms with Crippen molar-refractivity contribution in [1.29, 1.82) is 0 Å². The maximum atomic E-state index is 12.5. The van der Waals surface area contributed by atoms with Gasteiger partial charge in [-0.2, -0.15) is 0 Å². The van der Waals surface area contributed by atoms with E-state index in [4.69, 9.17) is 0 Å². The van der Waals surface area contributed by atoms with Crippen molar-refractivity contribution in [3.05, 3.63) is 29.1 Å². The molecule has 1 unspecified atom stereocenters. The van der Waals surface area contributed by atoms with E-state index in [9.17, 15) is 18.0 Å². The molecule has 0 radical (unpaired) electrons. The summed E-state index contributed by atoms with van der Waals surface area (Å²) in [4.78, 5) is 26.3. The summed E-state index contributed by atoms with van der Waals surface area (Å²) in [5, 5.41) is 2.70. The molecule has 1 aliphatic carbocycles. The molecule has 1 aromatic rings. The number of aryl methyl sites for hydroxylation is 1. The molecule has 2 aliphatic rings. The van der Waals surface area contributed by atoms with E-state index in [0.29, 0.717) is 6.04 Å². The molecule has 2 fully saturated rings. The fourth-order valence-corrected chi connectivity index (χ4v) is 5.77. The lowest BCUT2D eigenvalue weighted by atomic mass is 9.95. The maximum absolute atomic E-state index is 12.5. The van der Waals surface area contributed by atoms with E-state index in [0.717, 1.165) is 5.56 Å². The van der Waals surface area contributed by atoms with Crippen LogP contribution in [0.25, 0.3) is 6.08 Å². The van der Waals surface area contributed by atoms with Gasteiger partial charge in [-0.3, -0.25) is 9.59 Å². The third kappa shape index (κ3) is 5.33. The fraction of sp³-hybridized carbons (Fsp3) is 0.636. The number of hydrogen-bond donors (Lipinski definition) is 1. The van der Waals surface area contributed by atoms with Gasteiger partial charge in [0.05, 0.1) is 11.5 Å². The van der Waals surface area contributed by atoms with Crippen LogP contribution in [0.4, 0.5) is 0 Å². The standard InChI is InChI=1S/C22H33N3O4S/c1-16-15-19(18(3)25(16)20-7-5-4-6-8-20)9-10-21(26)23-17(2)22(27)24-11-13-30(28,29)14-12-24/h9-10,15,17,20H,4-8,11-14H2,1-3H3,(H,23,26). The molecule has 0 spiro atoms. The highest BCUT2D eigenvalue weighted by Crippen LogP contribution is 2.32. The molecule has 1 aromatic heterocycles. The Hall–Kier alpha value is -2.09. The SMILES string of the molecule is Cc1cc(C=CC(=O)NC(C)C(=O)N2CCS(=O)(=O)CC2)c(C)n1C1CCCCC1. The molecule has 3 rings (SSSR count). The number of sulfone groups is 1. The predicted octanol–water partition coefficient (Wildman–Crippen LogP) is 2.39. The minimum absolute atomic E-state index is 0.0179. The molecular formula is C22H33N3O4S. The van der Waals surface area contributed by atoms with Gasteiger partial charge in [-0.05, 0) is 51.3 Å². The molecule has 0 aromatic carbocycles. The zero-order chi connectivity index (χ0) is 21.9. The van der Waals surface area contributed by atoms with E-state index in [-0.39, 0.29) is 36.4 Å². The van der Waals surface area contributed by atoms with Crippen LogP contribution < -0.4 is 5.32 Å². The van der Waals surface area contributed by atoms with Gasteiger partial charge in [0.1, 0.15) is 6.04 Å². The van der Waals surface area contributed by atoms with Crippen molar-refractivity contribution in [1.82, 2.24) is 14.8 Å². The number of amides is 2. The number of carbonyl (C=O) groups excluding carboxylic acids is 2. The van der Waals surface area contributed by atoms with Crippen LogP contribution in [0, 0.1) is 13.8 Å². The molecule has 1 aliphatic heterocycles. The van der Waals surface area contributed by atoms with Gasteiger partial charge in [-0.15, -0.1) is 0 Å². The second kappa shape index (κ2) is 9.37. The number of nitrogens with one attached hydrogen (secondary N) is 1. The number of nitrogens with zero attached hydrogens (tertiary/aromatic N) is 2. The van der Waals surface area contributed by atoms with Crippen molar-refractivity contribution in [3.8, 4) is 0 Å². The summed E-state index contributed by atoms with van der Waals surface area (Å²) in [7, 11) is -3.05. The second-order valence-corrected chi connectivity index (χ2v) is 10.8. The minimum atomic E-state index is -3.05. The van der Waals surface area contributed by atoms with Crippen LogP contribution in [-0.2, 0) is 19.4 Å². The van der Waals surface area contributed by atoms with Crippen LogP contribution in [0.2, 0.25) is 0 Å². The molecule has 1 saturated heterocycles. The molecule has 0 bridgehead atoms. The highest BCUT2D eigenvalue weighted by molar-refractivity contribution is 7.91. The first-order chi connectivity index (χ1) is 14.2. The molecule has 1 atom stereocenters. The third-order valence-corrected chi connectivity index (χ3v) is 7.87. The highest BCUT2D eigenvalue weighted by atomic mass is 32.2. The number of aromatic nitrogens is 1. The Morgan fingerprint density at radius 1 is 1.13 bits per heavy atom. The van der Waals surface area contributed by atoms with Crippen molar-refractivity contribution in [3.63, 3.8) is 0 Å². The molecule has 1 N–H and O–H groups in total. The lowest BCUT2D eigenvalue weighted by molar-refractivity contribution is -0.134. The molecule has 7 nitrogen and oxygen atoms in total. The Balaban J connectivity index is 1.58. The molecule has 2 amide bonds. The van der Waals surface area contributed by atoms with Crippen LogP contribution in [0.5, 0.6) is 0 Å². The average molecular weight is 436 g/mol. The zero-order valence-electron chi connectivity index (χ0n) is 18.2. The summed E-state index contributed by atoms with van der Waals surface area (Å²) in [5.74, 6) is -0.615. The highest BCUT2D eigenvalue weighted by Gasteiger charge is 2.28. The van der Waals surface area contributed by atoms with Crippen molar-refractivity contribution in [2.45, 2.75) is 65.0 Å². The van der Waals surface area contributed by atoms with E-state index in [2.05, 4.69) is 29.8 Å². The molecule has 1 saturated carbocycles. The van der Waals surface area contributed by atoms with E-state index >= 15 is 0 Å². The number of rotatable bonds is 5. The lowest BCUT2D eigenvalue weighted by Gasteiger charge is -2.29. The van der Waals surface area contributed by atoms with Gasteiger partial charge >= 0.3 is 0 Å². The first-order valence-corrected chi connectivity index (χ1v) is 12.7. The summed E-state index contributed by atoms with van der Waals surface area (Å²) < 4.78 is 25.4. The summed E-state index contributed by atoms with van der Waals surface area (Å²) in [6.07, 6.45) is 9.54. The van der Waals surface area contributed by atoms with Gasteiger partial charge in [0, 0.05) is 36.6 Å². The number of carbonyl (C=O) groups is 2. The maximum Gasteiger partial charge on any atom is 0.244 e. The fourth-order valence-electron chi connectivity index (χ4n) is 4.57. The van der Waals surface area contributed by atoms with Gasteiger partial charge in [0.2, 0.25) is 11.8 Å². The summed E-state index contributed by atoms with van der Waals surface area (Å²) in [6.45, 7) is 6.20. The van der Waals surface area contributed by atoms with Crippen molar-refractivity contribution < 1.29 is 18.0 Å². The van der Waals surface area contributed by atoms with E-state index < -0.39 is 15.9 Å². The monoisotopic (exact) mass is 435 g/mol. The molecule has 8 heteroatoms. The lowest BCUT2D eigenvalue weighted by Crippen LogP contribution is -2.51. The Labute approximate surface area is 179 Å². The molecule has 2 heterocycles. The first-order valence-electron chi connectivity index (χ1n) is 10.8. The normalized spacial score (nSPS) is 21.0. The van der Waals surface area contributed by atoms with Crippen LogP contribution >= 0.6 is 0 Å². The summed E-state index contributed by atoms with van der Waals surface area (Å²) in [5.41, 5.74) is 3.40. The van der Waals surface area contributed by atoms with Gasteiger partial charge < -0.3 is 14.8 Å². The van der Waals surface area contributed by atoms with E-state index in [1.54, 1.807) is 6.92 Å². The van der Waals surface area contributed by atoms with Crippen LogP contribution in [0.3, 0.4) is 0 Å². The second-order valence-electron chi connectivity index (χ2n) is 8.53. The van der Waals surface area contributed by atoms with E-state index in [1.165, 1.54) is 54.5 Å². The Bertz CT molecular complexity index is 912. The van der Waals surface area contributed by atoms with Gasteiger partial charge in [0.25, 0.3) is 0 Å². The Morgan fingerprint density at radius 2 is 1.77 bits per heavy atom.